The third kappa shape index (κ3) is 5.80. The molecule has 0 aliphatic rings. The number of hydrogen-bond donors (Lipinski definition) is 4. The minimum absolute atomic E-state index is 0.644. The summed E-state index contributed by atoms with van der Waals surface area (Å²) in [6.07, 6.45) is 7.97. The Balaban J connectivity index is 2.45. The van der Waals surface area contributed by atoms with Gasteiger partial charge in [0, 0.05) is 44.5 Å². The largest absolute Gasteiger partial charge is 0.456 e. The molecule has 0 fully saturated rings. The van der Waals surface area contributed by atoms with Crippen LogP contribution >= 0.6 is 0 Å². The van der Waals surface area contributed by atoms with Crippen molar-refractivity contribution in [1.29, 1.82) is 0 Å². The summed E-state index contributed by atoms with van der Waals surface area (Å²) in [5.74, 6) is 3.65. The van der Waals surface area contributed by atoms with Crippen molar-refractivity contribution in [2.45, 2.75) is 133 Å². The number of rotatable bonds is 14. The second kappa shape index (κ2) is 15.0. The van der Waals surface area contributed by atoms with E-state index in [2.05, 4.69) is 69.2 Å². The third-order valence-corrected chi connectivity index (χ3v) is 9.47. The SMILES string of the molecule is CCc1c(N)c(N)c(CC)c(Oc2c(CC)c(CC)c(Oc3c(CC)c(N)c(N)c(CC)c3CC)c(CC)c2CC)c1CC. The second-order valence-electron chi connectivity index (χ2n) is 11.5. The predicted octanol–water partition coefficient (Wildman–Crippen LogP) is 9.22. The average molecular weight is 603 g/mol. The van der Waals surface area contributed by atoms with E-state index in [1.807, 2.05) is 0 Å². The number of benzene rings is 3. The number of nitrogens with two attached hydrogens (primary N) is 4. The van der Waals surface area contributed by atoms with Gasteiger partial charge in [-0.3, -0.25) is 0 Å². The lowest BCUT2D eigenvalue weighted by Gasteiger charge is -2.29. The summed E-state index contributed by atoms with van der Waals surface area (Å²) < 4.78 is 14.3. The normalized spacial score (nSPS) is 11.3. The molecule has 8 N–H and O–H groups in total. The Bertz CT molecular complexity index is 1360. The number of ether oxygens (including phenoxy) is 2. The van der Waals surface area contributed by atoms with Crippen LogP contribution in [0.25, 0.3) is 0 Å². The van der Waals surface area contributed by atoms with Crippen LogP contribution in [0, 0.1) is 0 Å². The minimum atomic E-state index is 0.644. The van der Waals surface area contributed by atoms with Crippen molar-refractivity contribution >= 4 is 22.7 Å². The first-order valence-corrected chi connectivity index (χ1v) is 17.1. The molecule has 0 radical (unpaired) electrons. The lowest BCUT2D eigenvalue weighted by Crippen LogP contribution is -2.13. The first-order chi connectivity index (χ1) is 21.1. The van der Waals surface area contributed by atoms with Gasteiger partial charge in [-0.05, 0) is 75.3 Å². The highest BCUT2D eigenvalue weighted by Gasteiger charge is 2.29. The molecule has 0 aliphatic carbocycles. The molecule has 0 aliphatic heterocycles. The van der Waals surface area contributed by atoms with Gasteiger partial charge in [0.15, 0.2) is 0 Å². The fourth-order valence-electron chi connectivity index (χ4n) is 7.22. The Morgan fingerprint density at radius 2 is 0.432 bits per heavy atom. The molecule has 0 atom stereocenters. The van der Waals surface area contributed by atoms with Gasteiger partial charge in [-0.1, -0.05) is 69.2 Å². The standard InChI is InChI=1S/C38H58N4O2/c1-11-21-23(13-3)37(29(19-9)33(41)31(21)39)43-35-25(15-5)27(17-7)36(28(18-8)26(35)16-6)44-38-24(14-4)22(12-2)32(40)34(42)30(38)20-10/h11-20,39-42H2,1-10H3. The molecule has 0 heterocycles. The van der Waals surface area contributed by atoms with Gasteiger partial charge in [0.05, 0.1) is 22.7 Å². The Morgan fingerprint density at radius 3 is 0.636 bits per heavy atom. The molecule has 0 spiro atoms. The molecule has 0 saturated carbocycles. The highest BCUT2D eigenvalue weighted by atomic mass is 16.5. The summed E-state index contributed by atoms with van der Waals surface area (Å²) in [4.78, 5) is 0. The van der Waals surface area contributed by atoms with E-state index in [0.29, 0.717) is 22.7 Å². The quantitative estimate of drug-likeness (QED) is 0.136. The smallest absolute Gasteiger partial charge is 0.136 e. The van der Waals surface area contributed by atoms with Crippen LogP contribution in [0.4, 0.5) is 22.7 Å². The van der Waals surface area contributed by atoms with Crippen molar-refractivity contribution in [3.8, 4) is 23.0 Å². The molecule has 6 heteroatoms. The lowest BCUT2D eigenvalue weighted by molar-refractivity contribution is 0.439. The van der Waals surface area contributed by atoms with E-state index >= 15 is 0 Å². The van der Waals surface area contributed by atoms with Crippen LogP contribution in [0.2, 0.25) is 0 Å². The molecule has 0 amide bonds. The first kappa shape index (κ1) is 34.9. The number of anilines is 4. The lowest BCUT2D eigenvalue weighted by atomic mass is 9.89. The molecule has 44 heavy (non-hydrogen) atoms. The second-order valence-corrected chi connectivity index (χ2v) is 11.5. The summed E-state index contributed by atoms with van der Waals surface area (Å²) in [6, 6.07) is 0. The topological polar surface area (TPSA) is 123 Å². The minimum Gasteiger partial charge on any atom is -0.456 e. The first-order valence-electron chi connectivity index (χ1n) is 17.1. The fraction of sp³-hybridized carbons (Fsp3) is 0.526. The average Bonchev–Trinajstić information content (AvgIpc) is 3.03. The van der Waals surface area contributed by atoms with Gasteiger partial charge in [0.25, 0.3) is 0 Å². The Morgan fingerprint density at radius 1 is 0.273 bits per heavy atom. The summed E-state index contributed by atoms with van der Waals surface area (Å²) in [5.41, 5.74) is 40.4. The molecular formula is C38H58N4O2. The molecule has 0 aromatic heterocycles. The van der Waals surface area contributed by atoms with Crippen molar-refractivity contribution in [1.82, 2.24) is 0 Å². The molecule has 3 aromatic carbocycles. The predicted molar refractivity (Wildman–Crippen MR) is 191 cm³/mol. The Hall–Kier alpha value is -3.54. The van der Waals surface area contributed by atoms with E-state index in [1.165, 1.54) is 22.3 Å². The molecule has 3 aromatic rings. The molecular weight excluding hydrogens is 544 g/mol. The zero-order chi connectivity index (χ0) is 32.9. The van der Waals surface area contributed by atoms with E-state index < -0.39 is 0 Å². The van der Waals surface area contributed by atoms with Gasteiger partial charge in [-0.15, -0.1) is 0 Å². The van der Waals surface area contributed by atoms with Crippen LogP contribution in [0.5, 0.6) is 23.0 Å². The van der Waals surface area contributed by atoms with Gasteiger partial charge < -0.3 is 32.4 Å². The van der Waals surface area contributed by atoms with Gasteiger partial charge in [-0.2, -0.15) is 0 Å². The van der Waals surface area contributed by atoms with Crippen molar-refractivity contribution in [2.24, 2.45) is 0 Å². The molecule has 0 unspecified atom stereocenters. The van der Waals surface area contributed by atoms with Crippen molar-refractivity contribution < 1.29 is 9.47 Å². The summed E-state index contributed by atoms with van der Waals surface area (Å²) in [6.45, 7) is 21.7. The summed E-state index contributed by atoms with van der Waals surface area (Å²) in [5, 5.41) is 0. The van der Waals surface area contributed by atoms with E-state index in [9.17, 15) is 0 Å². The van der Waals surface area contributed by atoms with E-state index in [-0.39, 0.29) is 0 Å². The van der Waals surface area contributed by atoms with Crippen molar-refractivity contribution in [2.75, 3.05) is 22.9 Å². The van der Waals surface area contributed by atoms with Crippen LogP contribution in [-0.4, -0.2) is 0 Å². The Kier molecular flexibility index (Phi) is 11.9. The molecule has 0 saturated heterocycles. The monoisotopic (exact) mass is 602 g/mol. The summed E-state index contributed by atoms with van der Waals surface area (Å²) in [7, 11) is 0. The van der Waals surface area contributed by atoms with E-state index in [4.69, 9.17) is 32.4 Å². The molecule has 0 bridgehead atoms. The third-order valence-electron chi connectivity index (χ3n) is 9.47. The van der Waals surface area contributed by atoms with Gasteiger partial charge >= 0.3 is 0 Å². The highest BCUT2D eigenvalue weighted by Crippen LogP contribution is 2.49. The van der Waals surface area contributed by atoms with Gasteiger partial charge in [-0.25, -0.2) is 0 Å². The van der Waals surface area contributed by atoms with Crippen LogP contribution in [-0.2, 0) is 64.2 Å². The van der Waals surface area contributed by atoms with Gasteiger partial charge in [0.1, 0.15) is 23.0 Å². The van der Waals surface area contributed by atoms with E-state index in [1.54, 1.807) is 0 Å². The molecule has 6 nitrogen and oxygen atoms in total. The van der Waals surface area contributed by atoms with Crippen molar-refractivity contribution in [3.05, 3.63) is 55.6 Å². The number of hydrogen-bond acceptors (Lipinski definition) is 6. The maximum Gasteiger partial charge on any atom is 0.136 e. The summed E-state index contributed by atoms with van der Waals surface area (Å²) >= 11 is 0. The molecule has 242 valence electrons. The highest BCUT2D eigenvalue weighted by molar-refractivity contribution is 5.79. The number of nitrogen functional groups attached to an aromatic ring is 4. The van der Waals surface area contributed by atoms with Crippen LogP contribution in [0.3, 0.4) is 0 Å². The van der Waals surface area contributed by atoms with Crippen LogP contribution in [0.15, 0.2) is 0 Å². The maximum atomic E-state index is 7.17. The van der Waals surface area contributed by atoms with E-state index in [0.717, 1.165) is 121 Å². The van der Waals surface area contributed by atoms with Crippen molar-refractivity contribution in [3.63, 3.8) is 0 Å². The maximum absolute atomic E-state index is 7.17. The fourth-order valence-corrected chi connectivity index (χ4v) is 7.22. The van der Waals surface area contributed by atoms with Crippen LogP contribution < -0.4 is 32.4 Å². The molecule has 3 rings (SSSR count). The zero-order valence-corrected chi connectivity index (χ0v) is 29.2. The zero-order valence-electron chi connectivity index (χ0n) is 29.2. The Labute approximate surface area is 266 Å². The van der Waals surface area contributed by atoms with Crippen LogP contribution in [0.1, 0.15) is 125 Å². The van der Waals surface area contributed by atoms with Gasteiger partial charge in [0.2, 0.25) is 0 Å².